The Labute approximate surface area is 96.5 Å². The summed E-state index contributed by atoms with van der Waals surface area (Å²) in [5.74, 6) is 0.535. The highest BCUT2D eigenvalue weighted by Crippen LogP contribution is 2.30. The summed E-state index contributed by atoms with van der Waals surface area (Å²) >= 11 is 0. The van der Waals surface area contributed by atoms with Gasteiger partial charge in [-0.1, -0.05) is 13.8 Å². The molecule has 3 nitrogen and oxygen atoms in total. The van der Waals surface area contributed by atoms with Gasteiger partial charge in [-0.05, 0) is 30.0 Å². The molecule has 1 aliphatic rings. The number of aromatic nitrogens is 1. The van der Waals surface area contributed by atoms with Crippen LogP contribution in [0, 0.1) is 5.92 Å². The van der Waals surface area contributed by atoms with Gasteiger partial charge in [0, 0.05) is 24.9 Å². The van der Waals surface area contributed by atoms with E-state index in [4.69, 9.17) is 4.74 Å². The smallest absolute Gasteiger partial charge is 0.0870 e. The molecular formula is C13H19NO2. The zero-order valence-corrected chi connectivity index (χ0v) is 9.84. The minimum Gasteiger partial charge on any atom is -0.390 e. The number of aliphatic hydroxyl groups is 1. The van der Waals surface area contributed by atoms with Crippen LogP contribution >= 0.6 is 0 Å². The van der Waals surface area contributed by atoms with E-state index in [9.17, 15) is 5.11 Å². The van der Waals surface area contributed by atoms with Gasteiger partial charge in [-0.2, -0.15) is 0 Å². The van der Waals surface area contributed by atoms with E-state index in [-0.39, 0.29) is 12.0 Å². The number of rotatable bonds is 3. The third kappa shape index (κ3) is 2.25. The van der Waals surface area contributed by atoms with Gasteiger partial charge in [0.1, 0.15) is 0 Å². The van der Waals surface area contributed by atoms with Crippen LogP contribution in [-0.4, -0.2) is 28.9 Å². The first-order valence-electron chi connectivity index (χ1n) is 5.89. The molecule has 2 rings (SSSR count). The molecule has 1 aliphatic heterocycles. The summed E-state index contributed by atoms with van der Waals surface area (Å²) in [5, 5.41) is 10.3. The van der Waals surface area contributed by atoms with Crippen molar-refractivity contribution in [1.82, 2.24) is 4.98 Å². The van der Waals surface area contributed by atoms with E-state index in [1.54, 1.807) is 12.4 Å². The van der Waals surface area contributed by atoms with Crippen molar-refractivity contribution < 1.29 is 9.84 Å². The molecule has 0 aliphatic carbocycles. The zero-order chi connectivity index (χ0) is 11.5. The van der Waals surface area contributed by atoms with Crippen LogP contribution in [-0.2, 0) is 4.74 Å². The molecule has 4 unspecified atom stereocenters. The van der Waals surface area contributed by atoms with Gasteiger partial charge >= 0.3 is 0 Å². The fourth-order valence-electron chi connectivity index (χ4n) is 2.30. The summed E-state index contributed by atoms with van der Waals surface area (Å²) in [7, 11) is 0. The van der Waals surface area contributed by atoms with Gasteiger partial charge in [-0.3, -0.25) is 4.98 Å². The summed E-state index contributed by atoms with van der Waals surface area (Å²) in [6.45, 7) is 4.94. The van der Waals surface area contributed by atoms with Crippen molar-refractivity contribution in [2.75, 3.05) is 6.61 Å². The van der Waals surface area contributed by atoms with Gasteiger partial charge in [0.05, 0.1) is 12.2 Å². The summed E-state index contributed by atoms with van der Waals surface area (Å²) in [5.41, 5.74) is 1.12. The SMILES string of the molecule is CC1CCOC1C(O)C(C)c1ccncc1. The Morgan fingerprint density at radius 2 is 2.12 bits per heavy atom. The predicted octanol–water partition coefficient (Wildman–Crippen LogP) is 1.97. The molecule has 1 N–H and O–H groups in total. The molecule has 2 heterocycles. The third-order valence-corrected chi connectivity index (χ3v) is 3.53. The summed E-state index contributed by atoms with van der Waals surface area (Å²) in [6, 6.07) is 3.90. The van der Waals surface area contributed by atoms with Crippen molar-refractivity contribution in [3.63, 3.8) is 0 Å². The predicted molar refractivity (Wildman–Crippen MR) is 62.2 cm³/mol. The van der Waals surface area contributed by atoms with E-state index in [1.165, 1.54) is 0 Å². The van der Waals surface area contributed by atoms with Crippen LogP contribution in [0.15, 0.2) is 24.5 Å². The largest absolute Gasteiger partial charge is 0.390 e. The topological polar surface area (TPSA) is 42.4 Å². The maximum Gasteiger partial charge on any atom is 0.0870 e. The van der Waals surface area contributed by atoms with Crippen LogP contribution in [0.25, 0.3) is 0 Å². The first-order chi connectivity index (χ1) is 7.70. The number of pyridine rings is 1. The molecule has 4 atom stereocenters. The Balaban J connectivity index is 2.07. The molecule has 0 aromatic carbocycles. The molecule has 1 fully saturated rings. The normalized spacial score (nSPS) is 28.9. The van der Waals surface area contributed by atoms with Crippen LogP contribution < -0.4 is 0 Å². The Bertz CT molecular complexity index is 328. The molecule has 0 amide bonds. The molecule has 0 saturated carbocycles. The molecule has 88 valence electrons. The van der Waals surface area contributed by atoms with E-state index in [1.807, 2.05) is 19.1 Å². The van der Waals surface area contributed by atoms with Crippen LogP contribution in [0.5, 0.6) is 0 Å². The Morgan fingerprint density at radius 3 is 2.69 bits per heavy atom. The molecule has 1 aromatic heterocycles. The van der Waals surface area contributed by atoms with Crippen LogP contribution in [0.3, 0.4) is 0 Å². The van der Waals surface area contributed by atoms with Gasteiger partial charge in [0.2, 0.25) is 0 Å². The lowest BCUT2D eigenvalue weighted by molar-refractivity contribution is -0.0269. The van der Waals surface area contributed by atoms with E-state index in [2.05, 4.69) is 11.9 Å². The first kappa shape index (κ1) is 11.6. The molecule has 0 spiro atoms. The third-order valence-electron chi connectivity index (χ3n) is 3.53. The Kier molecular flexibility index (Phi) is 3.56. The van der Waals surface area contributed by atoms with Crippen molar-refractivity contribution in [3.05, 3.63) is 30.1 Å². The number of hydrogen-bond acceptors (Lipinski definition) is 3. The van der Waals surface area contributed by atoms with E-state index < -0.39 is 6.10 Å². The second-order valence-electron chi connectivity index (χ2n) is 4.66. The van der Waals surface area contributed by atoms with Crippen molar-refractivity contribution in [2.45, 2.75) is 38.4 Å². The Hall–Kier alpha value is -0.930. The maximum absolute atomic E-state index is 10.3. The summed E-state index contributed by atoms with van der Waals surface area (Å²) < 4.78 is 5.60. The van der Waals surface area contributed by atoms with Crippen molar-refractivity contribution in [3.8, 4) is 0 Å². The average molecular weight is 221 g/mol. The van der Waals surface area contributed by atoms with E-state index in [0.717, 1.165) is 18.6 Å². The highest BCUT2D eigenvalue weighted by Gasteiger charge is 2.34. The van der Waals surface area contributed by atoms with Crippen molar-refractivity contribution >= 4 is 0 Å². The highest BCUT2D eigenvalue weighted by atomic mass is 16.5. The Morgan fingerprint density at radius 1 is 1.44 bits per heavy atom. The zero-order valence-electron chi connectivity index (χ0n) is 9.84. The molecule has 0 bridgehead atoms. The van der Waals surface area contributed by atoms with E-state index in [0.29, 0.717) is 5.92 Å². The minimum atomic E-state index is -0.431. The van der Waals surface area contributed by atoms with Gasteiger partial charge in [0.15, 0.2) is 0 Å². The molecule has 0 radical (unpaired) electrons. The number of ether oxygens (including phenoxy) is 1. The van der Waals surface area contributed by atoms with E-state index >= 15 is 0 Å². The molecule has 16 heavy (non-hydrogen) atoms. The van der Waals surface area contributed by atoms with Crippen LogP contribution in [0.1, 0.15) is 31.7 Å². The van der Waals surface area contributed by atoms with Crippen molar-refractivity contribution in [2.24, 2.45) is 5.92 Å². The second-order valence-corrected chi connectivity index (χ2v) is 4.66. The second kappa shape index (κ2) is 4.93. The standard InChI is InChI=1S/C13H19NO2/c1-9-5-8-16-13(9)12(15)10(2)11-3-6-14-7-4-11/h3-4,6-7,9-10,12-13,15H,5,8H2,1-2H3. The number of aliphatic hydroxyl groups excluding tert-OH is 1. The first-order valence-corrected chi connectivity index (χ1v) is 5.89. The molecule has 3 heteroatoms. The fourth-order valence-corrected chi connectivity index (χ4v) is 2.30. The lowest BCUT2D eigenvalue weighted by Crippen LogP contribution is -2.34. The molecule has 1 saturated heterocycles. The van der Waals surface area contributed by atoms with Gasteiger partial charge in [-0.25, -0.2) is 0 Å². The van der Waals surface area contributed by atoms with Gasteiger partial charge in [-0.15, -0.1) is 0 Å². The summed E-state index contributed by atoms with van der Waals surface area (Å²) in [4.78, 5) is 3.99. The van der Waals surface area contributed by atoms with Gasteiger partial charge in [0.25, 0.3) is 0 Å². The highest BCUT2D eigenvalue weighted by molar-refractivity contribution is 5.17. The fraction of sp³-hybridized carbons (Fsp3) is 0.615. The number of hydrogen-bond donors (Lipinski definition) is 1. The van der Waals surface area contributed by atoms with Crippen LogP contribution in [0.2, 0.25) is 0 Å². The number of nitrogens with zero attached hydrogens (tertiary/aromatic N) is 1. The monoisotopic (exact) mass is 221 g/mol. The summed E-state index contributed by atoms with van der Waals surface area (Å²) in [6.07, 6.45) is 4.11. The molecule has 1 aromatic rings. The van der Waals surface area contributed by atoms with Crippen molar-refractivity contribution in [1.29, 1.82) is 0 Å². The lowest BCUT2D eigenvalue weighted by atomic mass is 9.88. The van der Waals surface area contributed by atoms with Crippen LogP contribution in [0.4, 0.5) is 0 Å². The van der Waals surface area contributed by atoms with Gasteiger partial charge < -0.3 is 9.84 Å². The molecular weight excluding hydrogens is 202 g/mol. The maximum atomic E-state index is 10.3. The lowest BCUT2D eigenvalue weighted by Gasteiger charge is -2.26. The quantitative estimate of drug-likeness (QED) is 0.848. The average Bonchev–Trinajstić information content (AvgIpc) is 2.75. The minimum absolute atomic E-state index is 0.0248.